The summed E-state index contributed by atoms with van der Waals surface area (Å²) in [6.45, 7) is 8.28. The van der Waals surface area contributed by atoms with Crippen molar-refractivity contribution in [2.24, 2.45) is 34.3 Å². The second kappa shape index (κ2) is 9.96. The lowest BCUT2D eigenvalue weighted by Gasteiger charge is -2.32. The zero-order valence-electron chi connectivity index (χ0n) is 22.6. The highest BCUT2D eigenvalue weighted by molar-refractivity contribution is 5.93. The van der Waals surface area contributed by atoms with E-state index in [1.807, 2.05) is 38.1 Å². The van der Waals surface area contributed by atoms with Crippen molar-refractivity contribution in [3.8, 4) is 5.75 Å². The first-order valence-electron chi connectivity index (χ1n) is 13.1. The Hall–Kier alpha value is -2.42. The Balaban J connectivity index is 1.46. The van der Waals surface area contributed by atoms with Gasteiger partial charge in [-0.2, -0.15) is 13.2 Å². The standard InChI is InChI=1S/C30H38F3NO4/c1-18(15-29(34,36)21-10-8-11-22(13-21)30(31,32)33)17-38-23-12-7-6-9-20(23)16-28-25(27(28,3)4)14-24(37-5)19(2)26(28)35/h6-13,18-19,24-25,36H,14-17,34H2,1-5H3. The fourth-order valence-electron chi connectivity index (χ4n) is 6.70. The minimum Gasteiger partial charge on any atom is -0.493 e. The van der Waals surface area contributed by atoms with Crippen molar-refractivity contribution in [1.29, 1.82) is 0 Å². The summed E-state index contributed by atoms with van der Waals surface area (Å²) in [7, 11) is 1.66. The van der Waals surface area contributed by atoms with Crippen LogP contribution in [0, 0.1) is 28.6 Å². The maximum Gasteiger partial charge on any atom is 0.416 e. The normalized spacial score (nSPS) is 28.8. The molecule has 0 aromatic heterocycles. The van der Waals surface area contributed by atoms with Gasteiger partial charge in [-0.25, -0.2) is 0 Å². The molecular formula is C30H38F3NO4. The molecule has 2 aromatic rings. The van der Waals surface area contributed by atoms with E-state index in [9.17, 15) is 23.1 Å². The molecule has 2 saturated carbocycles. The van der Waals surface area contributed by atoms with Gasteiger partial charge in [0.15, 0.2) is 0 Å². The van der Waals surface area contributed by atoms with Crippen molar-refractivity contribution in [1.82, 2.24) is 0 Å². The highest BCUT2D eigenvalue weighted by Gasteiger charge is 2.77. The molecule has 0 heterocycles. The largest absolute Gasteiger partial charge is 0.493 e. The lowest BCUT2D eigenvalue weighted by atomic mass is 9.74. The summed E-state index contributed by atoms with van der Waals surface area (Å²) in [6.07, 6.45) is -3.17. The second-order valence-corrected chi connectivity index (χ2v) is 11.8. The van der Waals surface area contributed by atoms with E-state index in [2.05, 4.69) is 13.8 Å². The number of alkyl halides is 3. The lowest BCUT2D eigenvalue weighted by molar-refractivity contribution is -0.138. The first kappa shape index (κ1) is 28.6. The number of ether oxygens (including phenoxy) is 2. The number of fused-ring (bicyclic) bond motifs is 1. The predicted molar refractivity (Wildman–Crippen MR) is 138 cm³/mol. The van der Waals surface area contributed by atoms with E-state index in [4.69, 9.17) is 15.2 Å². The number of benzene rings is 2. The summed E-state index contributed by atoms with van der Waals surface area (Å²) in [6, 6.07) is 12.1. The van der Waals surface area contributed by atoms with Crippen molar-refractivity contribution in [3.63, 3.8) is 0 Å². The molecule has 0 amide bonds. The Morgan fingerprint density at radius 2 is 1.79 bits per heavy atom. The maximum absolute atomic E-state index is 13.6. The number of halogens is 3. The molecule has 2 aliphatic rings. The molecule has 38 heavy (non-hydrogen) atoms. The molecule has 0 radical (unpaired) electrons. The summed E-state index contributed by atoms with van der Waals surface area (Å²) in [5.41, 5.74) is 3.58. The third kappa shape index (κ3) is 4.98. The number of rotatable bonds is 9. The van der Waals surface area contributed by atoms with E-state index >= 15 is 0 Å². The number of hydrogen-bond donors (Lipinski definition) is 2. The molecule has 6 unspecified atom stereocenters. The first-order valence-corrected chi connectivity index (χ1v) is 13.1. The van der Waals surface area contributed by atoms with E-state index in [0.717, 1.165) is 24.1 Å². The fraction of sp³-hybridized carbons (Fsp3) is 0.567. The average Bonchev–Trinajstić information content (AvgIpc) is 3.33. The van der Waals surface area contributed by atoms with Gasteiger partial charge in [0.25, 0.3) is 0 Å². The minimum absolute atomic E-state index is 0.0000227. The molecule has 6 atom stereocenters. The number of ketones is 1. The zero-order valence-corrected chi connectivity index (χ0v) is 22.6. The van der Waals surface area contributed by atoms with Gasteiger partial charge < -0.3 is 14.6 Å². The molecule has 2 fully saturated rings. The van der Waals surface area contributed by atoms with Gasteiger partial charge in [0.2, 0.25) is 0 Å². The summed E-state index contributed by atoms with van der Waals surface area (Å²) in [5, 5.41) is 10.8. The van der Waals surface area contributed by atoms with Crippen LogP contribution in [0.4, 0.5) is 13.2 Å². The van der Waals surface area contributed by atoms with Gasteiger partial charge >= 0.3 is 6.18 Å². The van der Waals surface area contributed by atoms with E-state index < -0.39 is 22.9 Å². The number of Topliss-reactive ketones (excluding diaryl/α,β-unsaturated/α-hetero) is 1. The monoisotopic (exact) mass is 533 g/mol. The number of aliphatic hydroxyl groups is 1. The Bertz CT molecular complexity index is 1180. The minimum atomic E-state index is -4.53. The van der Waals surface area contributed by atoms with Crippen LogP contribution in [0.15, 0.2) is 48.5 Å². The summed E-state index contributed by atoms with van der Waals surface area (Å²) < 4.78 is 51.1. The molecule has 8 heteroatoms. The molecule has 3 N–H and O–H groups in total. The van der Waals surface area contributed by atoms with E-state index in [-0.39, 0.29) is 53.6 Å². The SMILES string of the molecule is COC1CC2C(C)(C)C2(Cc2ccccc2OCC(C)CC(N)(O)c2cccc(C(F)(F)F)c2)C(=O)C1C. The van der Waals surface area contributed by atoms with Gasteiger partial charge in [-0.15, -0.1) is 0 Å². The fourth-order valence-corrected chi connectivity index (χ4v) is 6.70. The van der Waals surface area contributed by atoms with Crippen LogP contribution in [0.3, 0.4) is 0 Å². The van der Waals surface area contributed by atoms with E-state index in [0.29, 0.717) is 12.2 Å². The van der Waals surface area contributed by atoms with Gasteiger partial charge in [-0.1, -0.05) is 58.0 Å². The number of para-hydroxylation sites is 1. The smallest absolute Gasteiger partial charge is 0.416 e. The lowest BCUT2D eigenvalue weighted by Crippen LogP contribution is -2.41. The summed E-state index contributed by atoms with van der Waals surface area (Å²) in [4.78, 5) is 13.6. The zero-order chi connectivity index (χ0) is 28.1. The van der Waals surface area contributed by atoms with Crippen LogP contribution in [0.2, 0.25) is 0 Å². The molecule has 2 aromatic carbocycles. The quantitative estimate of drug-likeness (QED) is 0.403. The molecule has 5 nitrogen and oxygen atoms in total. The molecule has 4 rings (SSSR count). The predicted octanol–water partition coefficient (Wildman–Crippen LogP) is 5.72. The third-order valence-electron chi connectivity index (χ3n) is 9.03. The number of carbonyl (C=O) groups is 1. The summed E-state index contributed by atoms with van der Waals surface area (Å²) in [5.74, 6) is 0.682. The van der Waals surface area contributed by atoms with Gasteiger partial charge in [0.1, 0.15) is 17.3 Å². The van der Waals surface area contributed by atoms with Gasteiger partial charge in [0.05, 0.1) is 18.3 Å². The van der Waals surface area contributed by atoms with Crippen molar-refractivity contribution >= 4 is 5.78 Å². The van der Waals surface area contributed by atoms with Crippen LogP contribution in [-0.4, -0.2) is 30.7 Å². The Kier molecular flexibility index (Phi) is 7.49. The van der Waals surface area contributed by atoms with Crippen molar-refractivity contribution in [3.05, 3.63) is 65.2 Å². The second-order valence-electron chi connectivity index (χ2n) is 11.8. The molecule has 0 spiro atoms. The van der Waals surface area contributed by atoms with E-state index in [1.165, 1.54) is 12.1 Å². The topological polar surface area (TPSA) is 81.8 Å². The van der Waals surface area contributed by atoms with Gasteiger partial charge in [-0.3, -0.25) is 10.5 Å². The van der Waals surface area contributed by atoms with Crippen LogP contribution < -0.4 is 10.5 Å². The van der Waals surface area contributed by atoms with Crippen LogP contribution in [0.1, 0.15) is 57.2 Å². The number of carbonyl (C=O) groups excluding carboxylic acids is 1. The van der Waals surface area contributed by atoms with E-state index in [1.54, 1.807) is 7.11 Å². The average molecular weight is 534 g/mol. The third-order valence-corrected chi connectivity index (χ3v) is 9.03. The molecule has 0 bridgehead atoms. The molecule has 0 saturated heterocycles. The Morgan fingerprint density at radius 3 is 2.45 bits per heavy atom. The maximum atomic E-state index is 13.6. The highest BCUT2D eigenvalue weighted by atomic mass is 19.4. The Morgan fingerprint density at radius 1 is 1.13 bits per heavy atom. The van der Waals surface area contributed by atoms with Crippen LogP contribution in [-0.2, 0) is 27.9 Å². The highest BCUT2D eigenvalue weighted by Crippen LogP contribution is 2.75. The number of methoxy groups -OCH3 is 1. The number of nitrogens with two attached hydrogens (primary N) is 1. The van der Waals surface area contributed by atoms with Gasteiger partial charge in [-0.05, 0) is 65.8 Å². The van der Waals surface area contributed by atoms with Crippen LogP contribution >= 0.6 is 0 Å². The Labute approximate surface area is 222 Å². The molecular weight excluding hydrogens is 495 g/mol. The van der Waals surface area contributed by atoms with Crippen molar-refractivity contribution in [2.75, 3.05) is 13.7 Å². The summed E-state index contributed by atoms with van der Waals surface area (Å²) >= 11 is 0. The van der Waals surface area contributed by atoms with Crippen molar-refractivity contribution in [2.45, 2.75) is 65.0 Å². The van der Waals surface area contributed by atoms with Crippen LogP contribution in [0.25, 0.3) is 0 Å². The molecule has 208 valence electrons. The molecule has 0 aliphatic heterocycles. The number of hydrogen-bond acceptors (Lipinski definition) is 5. The molecule has 2 aliphatic carbocycles. The van der Waals surface area contributed by atoms with Crippen LogP contribution in [0.5, 0.6) is 5.75 Å². The first-order chi connectivity index (χ1) is 17.6. The van der Waals surface area contributed by atoms with Gasteiger partial charge in [0, 0.05) is 18.4 Å². The van der Waals surface area contributed by atoms with Crippen molar-refractivity contribution < 1.29 is 32.5 Å².